The van der Waals surface area contributed by atoms with Crippen molar-refractivity contribution < 1.29 is 4.79 Å². The molecule has 0 atom stereocenters. The van der Waals surface area contributed by atoms with Gasteiger partial charge >= 0.3 is 5.69 Å². The van der Waals surface area contributed by atoms with E-state index in [4.69, 9.17) is 11.6 Å². The summed E-state index contributed by atoms with van der Waals surface area (Å²) in [6, 6.07) is 4.57. The second-order valence-electron chi connectivity index (χ2n) is 5.88. The van der Waals surface area contributed by atoms with Crippen molar-refractivity contribution in [3.8, 4) is 5.69 Å². The van der Waals surface area contributed by atoms with Gasteiger partial charge < -0.3 is 5.32 Å². The fraction of sp³-hybridized carbons (Fsp3) is 0.375. The van der Waals surface area contributed by atoms with Gasteiger partial charge in [0.15, 0.2) is 0 Å². The van der Waals surface area contributed by atoms with E-state index in [1.54, 1.807) is 6.07 Å². The second kappa shape index (κ2) is 7.00. The van der Waals surface area contributed by atoms with E-state index in [1.807, 2.05) is 0 Å². The van der Waals surface area contributed by atoms with Crippen LogP contribution < -0.4 is 16.6 Å². The minimum atomic E-state index is -0.679. The van der Waals surface area contributed by atoms with Gasteiger partial charge in [0.05, 0.1) is 16.3 Å². The van der Waals surface area contributed by atoms with Crippen molar-refractivity contribution in [2.75, 3.05) is 6.54 Å². The molecule has 7 nitrogen and oxygen atoms in total. The van der Waals surface area contributed by atoms with Gasteiger partial charge in [0, 0.05) is 6.54 Å². The first-order chi connectivity index (χ1) is 11.5. The van der Waals surface area contributed by atoms with Crippen LogP contribution in [0.3, 0.4) is 0 Å². The van der Waals surface area contributed by atoms with E-state index in [1.165, 1.54) is 25.0 Å². The van der Waals surface area contributed by atoms with Crippen molar-refractivity contribution in [2.45, 2.75) is 25.7 Å². The molecule has 1 heterocycles. The summed E-state index contributed by atoms with van der Waals surface area (Å²) < 4.78 is 1.01. The van der Waals surface area contributed by atoms with Crippen molar-refractivity contribution >= 4 is 17.5 Å². The molecule has 2 N–H and O–H groups in total. The summed E-state index contributed by atoms with van der Waals surface area (Å²) >= 11 is 6.11. The van der Waals surface area contributed by atoms with Crippen LogP contribution in [0, 0.1) is 5.92 Å². The smallest absolute Gasteiger partial charge is 0.349 e. The number of hydrogen-bond donors (Lipinski definition) is 2. The highest BCUT2D eigenvalue weighted by molar-refractivity contribution is 6.33. The van der Waals surface area contributed by atoms with Crippen LogP contribution in [-0.2, 0) is 0 Å². The van der Waals surface area contributed by atoms with Crippen LogP contribution in [-0.4, -0.2) is 27.2 Å². The molecule has 8 heteroatoms. The molecule has 1 fully saturated rings. The van der Waals surface area contributed by atoms with Crippen LogP contribution in [0.25, 0.3) is 5.69 Å². The molecule has 24 heavy (non-hydrogen) atoms. The number of halogens is 1. The van der Waals surface area contributed by atoms with Crippen molar-refractivity contribution in [3.63, 3.8) is 0 Å². The van der Waals surface area contributed by atoms with Crippen LogP contribution in [0.15, 0.2) is 34.0 Å². The molecule has 0 radical (unpaired) electrons. The Labute approximate surface area is 142 Å². The normalized spacial score (nSPS) is 14.7. The standard InChI is InChI=1S/C16H17ClN4O3/c17-13-6-5-11(21-16(24)20-14(22)9-19-21)7-12(13)15(23)18-8-10-3-1-2-4-10/h5-7,9-10H,1-4,8H2,(H,18,23)(H,20,22,24). The summed E-state index contributed by atoms with van der Waals surface area (Å²) in [6.07, 6.45) is 5.67. The maximum atomic E-state index is 12.4. The molecular weight excluding hydrogens is 332 g/mol. The number of nitrogens with one attached hydrogen (secondary N) is 2. The summed E-state index contributed by atoms with van der Waals surface area (Å²) in [7, 11) is 0. The Bertz CT molecular complexity index is 868. The van der Waals surface area contributed by atoms with Gasteiger partial charge in [-0.3, -0.25) is 14.6 Å². The van der Waals surface area contributed by atoms with Crippen LogP contribution in [0.1, 0.15) is 36.0 Å². The number of hydrogen-bond acceptors (Lipinski definition) is 4. The van der Waals surface area contributed by atoms with E-state index < -0.39 is 11.2 Å². The predicted octanol–water partition coefficient (Wildman–Crippen LogP) is 1.49. The largest absolute Gasteiger partial charge is 0.352 e. The number of benzene rings is 1. The lowest BCUT2D eigenvalue weighted by atomic mass is 10.1. The molecule has 1 aliphatic rings. The molecule has 0 spiro atoms. The van der Waals surface area contributed by atoms with E-state index in [9.17, 15) is 14.4 Å². The van der Waals surface area contributed by atoms with Crippen molar-refractivity contribution in [2.24, 2.45) is 5.92 Å². The summed E-state index contributed by atoms with van der Waals surface area (Å²) in [5.41, 5.74) is -0.638. The summed E-state index contributed by atoms with van der Waals surface area (Å²) in [5.74, 6) is 0.227. The van der Waals surface area contributed by atoms with E-state index in [0.717, 1.165) is 23.7 Å². The average Bonchev–Trinajstić information content (AvgIpc) is 3.07. The second-order valence-corrected chi connectivity index (χ2v) is 6.28. The van der Waals surface area contributed by atoms with Crippen molar-refractivity contribution in [3.05, 3.63) is 55.8 Å². The molecule has 0 aliphatic heterocycles. The van der Waals surface area contributed by atoms with E-state index in [2.05, 4.69) is 15.4 Å². The molecule has 1 amide bonds. The third kappa shape index (κ3) is 3.56. The zero-order chi connectivity index (χ0) is 17.1. The van der Waals surface area contributed by atoms with Crippen LogP contribution in [0.5, 0.6) is 0 Å². The number of aromatic nitrogens is 3. The summed E-state index contributed by atoms with van der Waals surface area (Å²) in [4.78, 5) is 37.4. The molecule has 1 saturated carbocycles. The lowest BCUT2D eigenvalue weighted by Crippen LogP contribution is -2.31. The van der Waals surface area contributed by atoms with Gasteiger partial charge in [-0.25, -0.2) is 4.79 Å². The zero-order valence-corrected chi connectivity index (χ0v) is 13.7. The third-order valence-electron chi connectivity index (χ3n) is 4.18. The average molecular weight is 349 g/mol. The first-order valence-electron chi connectivity index (χ1n) is 7.81. The monoisotopic (exact) mass is 348 g/mol. The Kier molecular flexibility index (Phi) is 4.80. The third-order valence-corrected chi connectivity index (χ3v) is 4.51. The summed E-state index contributed by atoms with van der Waals surface area (Å²) in [5, 5.41) is 6.96. The lowest BCUT2D eigenvalue weighted by molar-refractivity contribution is 0.0947. The number of aromatic amines is 1. The first-order valence-corrected chi connectivity index (χ1v) is 8.19. The van der Waals surface area contributed by atoms with Gasteiger partial charge in [0.2, 0.25) is 0 Å². The van der Waals surface area contributed by atoms with Gasteiger partial charge in [-0.05, 0) is 37.0 Å². The van der Waals surface area contributed by atoms with Gasteiger partial charge in [-0.15, -0.1) is 0 Å². The predicted molar refractivity (Wildman–Crippen MR) is 89.8 cm³/mol. The van der Waals surface area contributed by atoms with Crippen molar-refractivity contribution in [1.29, 1.82) is 0 Å². The van der Waals surface area contributed by atoms with Crippen LogP contribution in [0.4, 0.5) is 0 Å². The number of rotatable bonds is 4. The molecule has 126 valence electrons. The Morgan fingerprint density at radius 3 is 2.79 bits per heavy atom. The Balaban J connectivity index is 1.84. The molecule has 2 aromatic rings. The van der Waals surface area contributed by atoms with Crippen LogP contribution in [0.2, 0.25) is 5.02 Å². The van der Waals surface area contributed by atoms with Gasteiger partial charge in [0.25, 0.3) is 11.5 Å². The zero-order valence-electron chi connectivity index (χ0n) is 12.9. The number of H-pyrrole nitrogens is 1. The topological polar surface area (TPSA) is 96.8 Å². The van der Waals surface area contributed by atoms with Crippen LogP contribution >= 0.6 is 11.6 Å². The molecule has 1 aliphatic carbocycles. The minimum Gasteiger partial charge on any atom is -0.352 e. The molecule has 1 aromatic carbocycles. The SMILES string of the molecule is O=C(NCC1CCCC1)c1cc(-n2ncc(=O)[nH]c2=O)ccc1Cl. The van der Waals surface area contributed by atoms with Gasteiger partial charge in [0.1, 0.15) is 6.20 Å². The first kappa shape index (κ1) is 16.4. The number of nitrogens with zero attached hydrogens (tertiary/aromatic N) is 2. The Morgan fingerprint density at radius 1 is 1.33 bits per heavy atom. The highest BCUT2D eigenvalue weighted by Crippen LogP contribution is 2.24. The molecule has 3 rings (SSSR count). The molecule has 0 bridgehead atoms. The Hall–Kier alpha value is -2.41. The Morgan fingerprint density at radius 2 is 2.08 bits per heavy atom. The molecule has 0 saturated heterocycles. The van der Waals surface area contributed by atoms with Gasteiger partial charge in [-0.2, -0.15) is 9.78 Å². The molecule has 0 unspecified atom stereocenters. The fourth-order valence-corrected chi connectivity index (χ4v) is 3.11. The molecular formula is C16H17ClN4O3. The number of carbonyl (C=O) groups excluding carboxylic acids is 1. The lowest BCUT2D eigenvalue weighted by Gasteiger charge is -2.12. The fourth-order valence-electron chi connectivity index (χ4n) is 2.90. The van der Waals surface area contributed by atoms with E-state index in [-0.39, 0.29) is 11.5 Å². The maximum Gasteiger partial charge on any atom is 0.349 e. The molecule has 1 aromatic heterocycles. The van der Waals surface area contributed by atoms with Crippen molar-refractivity contribution in [1.82, 2.24) is 20.1 Å². The van der Waals surface area contributed by atoms with Gasteiger partial charge in [-0.1, -0.05) is 24.4 Å². The number of carbonyl (C=O) groups is 1. The highest BCUT2D eigenvalue weighted by Gasteiger charge is 2.18. The quantitative estimate of drug-likeness (QED) is 0.874. The minimum absolute atomic E-state index is 0.270. The maximum absolute atomic E-state index is 12.4. The number of amides is 1. The highest BCUT2D eigenvalue weighted by atomic mass is 35.5. The van der Waals surface area contributed by atoms with E-state index in [0.29, 0.717) is 23.2 Å². The summed E-state index contributed by atoms with van der Waals surface area (Å²) in [6.45, 7) is 0.621. The van der Waals surface area contributed by atoms with E-state index >= 15 is 0 Å².